The molecular weight excluding hydrogens is 290 g/mol. The van der Waals surface area contributed by atoms with Crippen LogP contribution in [0.3, 0.4) is 0 Å². The number of quaternary nitrogens is 1. The third kappa shape index (κ3) is 3.84. The minimum atomic E-state index is 0.678. The van der Waals surface area contributed by atoms with Crippen molar-refractivity contribution in [2.24, 2.45) is 0 Å². The van der Waals surface area contributed by atoms with Crippen molar-refractivity contribution in [2.45, 2.75) is 32.7 Å². The molecule has 0 amide bonds. The normalized spacial score (nSPS) is 21.8. The summed E-state index contributed by atoms with van der Waals surface area (Å²) in [7, 11) is 0. The van der Waals surface area contributed by atoms with E-state index >= 15 is 0 Å². The summed E-state index contributed by atoms with van der Waals surface area (Å²) in [4.78, 5) is 1.68. The maximum atomic E-state index is 6.11. The van der Waals surface area contributed by atoms with E-state index in [4.69, 9.17) is 23.8 Å². The van der Waals surface area contributed by atoms with E-state index in [1.54, 1.807) is 4.90 Å². The van der Waals surface area contributed by atoms with Gasteiger partial charge in [-0.2, -0.15) is 0 Å². The smallest absolute Gasteiger partial charge is 0.171 e. The first-order valence-electron chi connectivity index (χ1n) is 7.26. The Hall–Kier alpha value is -0.840. The fraction of sp³-hybridized carbons (Fsp3) is 0.533. The van der Waals surface area contributed by atoms with Crippen molar-refractivity contribution in [2.75, 3.05) is 25.0 Å². The highest BCUT2D eigenvalue weighted by Crippen LogP contribution is 2.22. The van der Waals surface area contributed by atoms with Gasteiger partial charge in [-0.05, 0) is 43.8 Å². The monoisotopic (exact) mass is 312 g/mol. The Kier molecular flexibility index (Phi) is 5.64. The number of likely N-dealkylation sites (N-methyl/N-ethyl adjacent to an activating group) is 1. The third-order valence-corrected chi connectivity index (χ3v) is 4.76. The number of thiocarbonyl (C=S) groups is 1. The molecule has 3 N–H and O–H groups in total. The summed E-state index contributed by atoms with van der Waals surface area (Å²) < 4.78 is 0. The summed E-state index contributed by atoms with van der Waals surface area (Å²) in [6.07, 6.45) is 2.61. The molecule has 1 saturated heterocycles. The quantitative estimate of drug-likeness (QED) is 0.743. The van der Waals surface area contributed by atoms with E-state index in [0.717, 1.165) is 22.8 Å². The first kappa shape index (κ1) is 15.5. The number of nitrogens with one attached hydrogen (secondary N) is 3. The highest BCUT2D eigenvalue weighted by atomic mass is 35.5. The molecule has 1 aromatic rings. The van der Waals surface area contributed by atoms with Crippen LogP contribution in [-0.2, 0) is 0 Å². The van der Waals surface area contributed by atoms with Crippen molar-refractivity contribution < 1.29 is 4.90 Å². The molecule has 0 aromatic heterocycles. The zero-order valence-electron chi connectivity index (χ0n) is 12.1. The number of anilines is 1. The van der Waals surface area contributed by atoms with Gasteiger partial charge in [0.2, 0.25) is 0 Å². The summed E-state index contributed by atoms with van der Waals surface area (Å²) in [6.45, 7) is 7.66. The lowest BCUT2D eigenvalue weighted by molar-refractivity contribution is -0.909. The van der Waals surface area contributed by atoms with Crippen LogP contribution >= 0.6 is 23.8 Å². The molecule has 0 radical (unpaired) electrons. The highest BCUT2D eigenvalue weighted by Gasteiger charge is 2.26. The Bertz CT molecular complexity index is 478. The molecule has 1 heterocycles. The molecule has 1 aromatic carbocycles. The maximum absolute atomic E-state index is 6.11. The lowest BCUT2D eigenvalue weighted by Gasteiger charge is -2.21. The van der Waals surface area contributed by atoms with Crippen molar-refractivity contribution in [1.82, 2.24) is 5.32 Å². The van der Waals surface area contributed by atoms with Crippen molar-refractivity contribution in [3.63, 3.8) is 0 Å². The van der Waals surface area contributed by atoms with Gasteiger partial charge in [-0.1, -0.05) is 17.7 Å². The fourth-order valence-electron chi connectivity index (χ4n) is 2.82. The fourth-order valence-corrected chi connectivity index (χ4v) is 3.19. The Morgan fingerprint density at radius 3 is 3.05 bits per heavy atom. The molecule has 2 atom stereocenters. The second-order valence-electron chi connectivity index (χ2n) is 5.35. The summed E-state index contributed by atoms with van der Waals surface area (Å²) >= 11 is 11.5. The van der Waals surface area contributed by atoms with Gasteiger partial charge in [-0.3, -0.25) is 0 Å². The number of rotatable bonds is 4. The van der Waals surface area contributed by atoms with Crippen molar-refractivity contribution in [1.29, 1.82) is 0 Å². The van der Waals surface area contributed by atoms with Gasteiger partial charge in [0.1, 0.15) is 6.04 Å². The minimum Gasteiger partial charge on any atom is -0.356 e. The van der Waals surface area contributed by atoms with E-state index in [1.165, 1.54) is 25.9 Å². The zero-order valence-corrected chi connectivity index (χ0v) is 13.7. The average Bonchev–Trinajstić information content (AvgIpc) is 2.89. The summed E-state index contributed by atoms with van der Waals surface area (Å²) in [5.74, 6) is 0. The Labute approximate surface area is 131 Å². The number of likely N-dealkylation sites (tertiary alicyclic amines) is 1. The molecule has 0 aliphatic carbocycles. The van der Waals surface area contributed by atoms with Gasteiger partial charge in [0, 0.05) is 23.6 Å². The topological polar surface area (TPSA) is 28.5 Å². The summed E-state index contributed by atoms with van der Waals surface area (Å²) in [5, 5.41) is 8.01. The molecular formula is C15H23ClN3S+. The third-order valence-electron chi connectivity index (χ3n) is 4.11. The van der Waals surface area contributed by atoms with Crippen LogP contribution < -0.4 is 15.5 Å². The second kappa shape index (κ2) is 7.25. The van der Waals surface area contributed by atoms with E-state index in [-0.39, 0.29) is 0 Å². The van der Waals surface area contributed by atoms with Gasteiger partial charge in [0.15, 0.2) is 5.11 Å². The molecule has 5 heteroatoms. The number of halogens is 1. The minimum absolute atomic E-state index is 0.678. The first-order chi connectivity index (χ1) is 9.61. The Morgan fingerprint density at radius 1 is 1.50 bits per heavy atom. The molecule has 1 aliphatic rings. The Morgan fingerprint density at radius 2 is 2.30 bits per heavy atom. The largest absolute Gasteiger partial charge is 0.356 e. The molecule has 2 rings (SSSR count). The zero-order chi connectivity index (χ0) is 14.5. The van der Waals surface area contributed by atoms with Crippen LogP contribution in [0.15, 0.2) is 18.2 Å². The second-order valence-corrected chi connectivity index (χ2v) is 6.16. The first-order valence-corrected chi connectivity index (χ1v) is 8.05. The predicted octanol–water partition coefficient (Wildman–Crippen LogP) is 2.00. The van der Waals surface area contributed by atoms with Crippen LogP contribution in [0.4, 0.5) is 5.69 Å². The molecule has 20 heavy (non-hydrogen) atoms. The lowest BCUT2D eigenvalue weighted by atomic mass is 10.2. The van der Waals surface area contributed by atoms with Crippen molar-refractivity contribution >= 4 is 34.6 Å². The molecule has 110 valence electrons. The molecule has 1 fully saturated rings. The van der Waals surface area contributed by atoms with Crippen LogP contribution in [-0.4, -0.2) is 30.8 Å². The highest BCUT2D eigenvalue weighted by molar-refractivity contribution is 7.80. The van der Waals surface area contributed by atoms with Crippen molar-refractivity contribution in [3.05, 3.63) is 28.8 Å². The van der Waals surface area contributed by atoms with E-state index in [9.17, 15) is 0 Å². The van der Waals surface area contributed by atoms with Gasteiger partial charge >= 0.3 is 0 Å². The number of hydrogen-bond donors (Lipinski definition) is 3. The van der Waals surface area contributed by atoms with Crippen LogP contribution in [0.5, 0.6) is 0 Å². The predicted molar refractivity (Wildman–Crippen MR) is 89.8 cm³/mol. The summed E-state index contributed by atoms with van der Waals surface area (Å²) in [6, 6.07) is 6.49. The number of hydrogen-bond acceptors (Lipinski definition) is 1. The van der Waals surface area contributed by atoms with Crippen molar-refractivity contribution in [3.8, 4) is 0 Å². The molecule has 0 bridgehead atoms. The van der Waals surface area contributed by atoms with E-state index in [2.05, 4.69) is 17.6 Å². The van der Waals surface area contributed by atoms with Gasteiger partial charge in [0.25, 0.3) is 0 Å². The number of benzene rings is 1. The molecule has 1 aliphatic heterocycles. The Balaban J connectivity index is 1.85. The summed E-state index contributed by atoms with van der Waals surface area (Å²) in [5.41, 5.74) is 2.00. The standard InChI is InChI=1S/C15H22ClN3S/c1-3-19-9-5-6-12(19)10-17-15(20)18-14-8-4-7-13(16)11(14)2/h4,7-8,12H,3,5-6,9-10H2,1-2H3,(H2,17,18,20)/p+1/t12-/m0/s1. The van der Waals surface area contributed by atoms with E-state index in [1.807, 2.05) is 25.1 Å². The molecule has 0 saturated carbocycles. The molecule has 0 spiro atoms. The van der Waals surface area contributed by atoms with E-state index in [0.29, 0.717) is 11.2 Å². The van der Waals surface area contributed by atoms with E-state index < -0.39 is 0 Å². The van der Waals surface area contributed by atoms with Crippen LogP contribution in [0, 0.1) is 6.92 Å². The SMILES string of the molecule is CC[NH+]1CCC[C@H]1CNC(=S)Nc1cccc(Cl)c1C. The van der Waals surface area contributed by atoms with Gasteiger partial charge in [0.05, 0.1) is 19.6 Å². The lowest BCUT2D eigenvalue weighted by Crippen LogP contribution is -3.14. The van der Waals surface area contributed by atoms with Gasteiger partial charge in [-0.25, -0.2) is 0 Å². The molecule has 3 nitrogen and oxygen atoms in total. The molecule has 1 unspecified atom stereocenters. The van der Waals surface area contributed by atoms with Crippen LogP contribution in [0.25, 0.3) is 0 Å². The van der Waals surface area contributed by atoms with Gasteiger partial charge < -0.3 is 15.5 Å². The average molecular weight is 313 g/mol. The van der Waals surface area contributed by atoms with Crippen LogP contribution in [0.1, 0.15) is 25.3 Å². The maximum Gasteiger partial charge on any atom is 0.171 e. The van der Waals surface area contributed by atoms with Gasteiger partial charge in [-0.15, -0.1) is 0 Å². The van der Waals surface area contributed by atoms with Crippen LogP contribution in [0.2, 0.25) is 5.02 Å².